The number of carbonyl (C=O) groups is 2. The number of benzene rings is 2. The molecule has 0 saturated carbocycles. The predicted octanol–water partition coefficient (Wildman–Crippen LogP) is 3.83. The van der Waals surface area contributed by atoms with Crippen molar-refractivity contribution in [2.75, 3.05) is 36.4 Å². The van der Waals surface area contributed by atoms with Crippen LogP contribution in [-0.2, 0) is 9.59 Å². The molecule has 2 heterocycles. The highest BCUT2D eigenvalue weighted by molar-refractivity contribution is 5.96. The molecule has 0 spiro atoms. The number of hydrogen-bond acceptors (Lipinski definition) is 4. The van der Waals surface area contributed by atoms with E-state index in [0.29, 0.717) is 12.3 Å². The van der Waals surface area contributed by atoms with Crippen LogP contribution in [0.15, 0.2) is 36.4 Å². The zero-order valence-electron chi connectivity index (χ0n) is 18.6. The minimum absolute atomic E-state index is 0.0184. The second kappa shape index (κ2) is 9.00. The minimum Gasteiger partial charge on any atom is -0.477 e. The number of fused-ring (bicyclic) bond motifs is 1. The molecule has 0 unspecified atom stereocenters. The highest BCUT2D eigenvalue weighted by Gasteiger charge is 2.34. The number of para-hydroxylation sites is 2. The molecule has 6 heteroatoms. The van der Waals surface area contributed by atoms with Crippen LogP contribution in [0.1, 0.15) is 36.0 Å². The Bertz CT molecular complexity index is 959. The van der Waals surface area contributed by atoms with Crippen molar-refractivity contribution in [3.05, 3.63) is 53.1 Å². The average Bonchev–Trinajstić information content (AvgIpc) is 2.76. The molecule has 2 aliphatic heterocycles. The summed E-state index contributed by atoms with van der Waals surface area (Å²) in [7, 11) is 0. The van der Waals surface area contributed by atoms with Gasteiger partial charge in [-0.05, 0) is 63.3 Å². The molecule has 31 heavy (non-hydrogen) atoms. The van der Waals surface area contributed by atoms with Crippen LogP contribution >= 0.6 is 0 Å². The van der Waals surface area contributed by atoms with Crippen LogP contribution in [0.5, 0.6) is 5.75 Å². The maximum atomic E-state index is 13.1. The Kier molecular flexibility index (Phi) is 6.16. The molecule has 164 valence electrons. The Morgan fingerprint density at radius 1 is 1.03 bits per heavy atom. The van der Waals surface area contributed by atoms with Gasteiger partial charge in [0.15, 0.2) is 6.10 Å². The van der Waals surface area contributed by atoms with Crippen molar-refractivity contribution < 1.29 is 14.3 Å². The lowest BCUT2D eigenvalue weighted by molar-refractivity contribution is -0.139. The first-order valence-electron chi connectivity index (χ1n) is 11.1. The fraction of sp³-hybridized carbons (Fsp3) is 0.440. The molecule has 0 bridgehead atoms. The van der Waals surface area contributed by atoms with Crippen LogP contribution in [0.3, 0.4) is 0 Å². The number of carbonyl (C=O) groups excluding carboxylic acids is 2. The third kappa shape index (κ3) is 4.68. The first kappa shape index (κ1) is 21.2. The largest absolute Gasteiger partial charge is 0.477 e. The maximum absolute atomic E-state index is 13.1. The number of hydrogen-bond donors (Lipinski definition) is 1. The lowest BCUT2D eigenvalue weighted by Crippen LogP contribution is -2.52. The number of likely N-dealkylation sites (tertiary alicyclic amines) is 1. The summed E-state index contributed by atoms with van der Waals surface area (Å²) in [5.41, 5.74) is 4.97. The summed E-state index contributed by atoms with van der Waals surface area (Å²) in [6.07, 6.45) is 2.65. The van der Waals surface area contributed by atoms with Crippen LogP contribution < -0.4 is 15.0 Å². The number of nitrogens with one attached hydrogen (secondary N) is 1. The second-order valence-electron chi connectivity index (χ2n) is 8.66. The van der Waals surface area contributed by atoms with Gasteiger partial charge in [-0.15, -0.1) is 0 Å². The molecule has 1 atom stereocenters. The number of nitrogens with zero attached hydrogens (tertiary/aromatic N) is 2. The Labute approximate surface area is 184 Å². The summed E-state index contributed by atoms with van der Waals surface area (Å²) >= 11 is 0. The fourth-order valence-electron chi connectivity index (χ4n) is 4.63. The monoisotopic (exact) mass is 421 g/mol. The molecule has 1 saturated heterocycles. The molecule has 2 aromatic carbocycles. The molecule has 2 aromatic rings. The normalized spacial score (nSPS) is 18.2. The SMILES string of the molecule is Cc1cc(C)c(NC(=O)CN2C[C@@H](C(=O)N3CCCCC3)Oc3ccccc32)c(C)c1. The highest BCUT2D eigenvalue weighted by atomic mass is 16.5. The number of piperidine rings is 1. The van der Waals surface area contributed by atoms with Gasteiger partial charge in [-0.3, -0.25) is 9.59 Å². The molecule has 2 amide bonds. The van der Waals surface area contributed by atoms with Gasteiger partial charge in [0.05, 0.1) is 18.8 Å². The molecular weight excluding hydrogens is 390 g/mol. The van der Waals surface area contributed by atoms with Crippen molar-refractivity contribution in [3.63, 3.8) is 0 Å². The summed E-state index contributed by atoms with van der Waals surface area (Å²) in [6.45, 7) is 8.16. The molecule has 2 aliphatic rings. The van der Waals surface area contributed by atoms with E-state index in [1.54, 1.807) is 0 Å². The summed E-state index contributed by atoms with van der Waals surface area (Å²) in [4.78, 5) is 29.9. The van der Waals surface area contributed by atoms with Gasteiger partial charge >= 0.3 is 0 Å². The van der Waals surface area contributed by atoms with Crippen LogP contribution in [0.25, 0.3) is 0 Å². The Hall–Kier alpha value is -3.02. The van der Waals surface area contributed by atoms with E-state index in [2.05, 4.69) is 24.4 Å². The molecule has 0 aliphatic carbocycles. The summed E-state index contributed by atoms with van der Waals surface area (Å²) in [6, 6.07) is 11.8. The zero-order chi connectivity index (χ0) is 22.0. The molecule has 1 fully saturated rings. The lowest BCUT2D eigenvalue weighted by Gasteiger charge is -2.38. The molecule has 0 radical (unpaired) electrons. The number of anilines is 2. The Morgan fingerprint density at radius 3 is 2.42 bits per heavy atom. The predicted molar refractivity (Wildman–Crippen MR) is 123 cm³/mol. The van der Waals surface area contributed by atoms with E-state index < -0.39 is 6.10 Å². The average molecular weight is 422 g/mol. The molecule has 1 N–H and O–H groups in total. The fourth-order valence-corrected chi connectivity index (χ4v) is 4.63. The van der Waals surface area contributed by atoms with Gasteiger partial charge in [0.2, 0.25) is 5.91 Å². The minimum atomic E-state index is -0.594. The summed E-state index contributed by atoms with van der Waals surface area (Å²) in [5, 5.41) is 3.07. The Morgan fingerprint density at radius 2 is 1.71 bits per heavy atom. The van der Waals surface area contributed by atoms with E-state index in [9.17, 15) is 9.59 Å². The van der Waals surface area contributed by atoms with Crippen LogP contribution in [-0.4, -0.2) is 49.0 Å². The number of aryl methyl sites for hydroxylation is 3. The standard InChI is InChI=1S/C25H31N3O3/c1-17-13-18(2)24(19(3)14-17)26-23(29)16-28-15-22(25(30)27-11-7-4-8-12-27)31-21-10-6-5-9-20(21)28/h5-6,9-10,13-14,22H,4,7-8,11-12,15-16H2,1-3H3,(H,26,29)/t22-/m0/s1. The number of amides is 2. The van der Waals surface area contributed by atoms with E-state index in [1.165, 1.54) is 12.0 Å². The highest BCUT2D eigenvalue weighted by Crippen LogP contribution is 2.33. The lowest BCUT2D eigenvalue weighted by atomic mass is 10.1. The second-order valence-corrected chi connectivity index (χ2v) is 8.66. The van der Waals surface area contributed by atoms with Gasteiger partial charge in [0, 0.05) is 18.8 Å². The molecule has 4 rings (SSSR count). The molecule has 0 aromatic heterocycles. The zero-order valence-corrected chi connectivity index (χ0v) is 18.6. The third-order valence-corrected chi connectivity index (χ3v) is 6.08. The topological polar surface area (TPSA) is 61.9 Å². The van der Waals surface area contributed by atoms with Gasteiger partial charge in [-0.1, -0.05) is 29.8 Å². The van der Waals surface area contributed by atoms with E-state index in [4.69, 9.17) is 4.74 Å². The van der Waals surface area contributed by atoms with Crippen molar-refractivity contribution in [3.8, 4) is 5.75 Å². The Balaban J connectivity index is 1.51. The van der Waals surface area contributed by atoms with Crippen LogP contribution in [0.2, 0.25) is 0 Å². The van der Waals surface area contributed by atoms with Crippen molar-refractivity contribution in [2.45, 2.75) is 46.1 Å². The van der Waals surface area contributed by atoms with E-state index in [-0.39, 0.29) is 18.4 Å². The first-order chi connectivity index (χ1) is 14.9. The van der Waals surface area contributed by atoms with Crippen molar-refractivity contribution in [2.24, 2.45) is 0 Å². The van der Waals surface area contributed by atoms with E-state index in [1.807, 2.05) is 47.9 Å². The summed E-state index contributed by atoms with van der Waals surface area (Å²) in [5.74, 6) is 0.570. The van der Waals surface area contributed by atoms with E-state index >= 15 is 0 Å². The number of ether oxygens (including phenoxy) is 1. The maximum Gasteiger partial charge on any atom is 0.265 e. The molecule has 6 nitrogen and oxygen atoms in total. The summed E-state index contributed by atoms with van der Waals surface area (Å²) < 4.78 is 6.06. The first-order valence-corrected chi connectivity index (χ1v) is 11.1. The van der Waals surface area contributed by atoms with Crippen LogP contribution in [0, 0.1) is 20.8 Å². The van der Waals surface area contributed by atoms with E-state index in [0.717, 1.165) is 48.4 Å². The smallest absolute Gasteiger partial charge is 0.265 e. The van der Waals surface area contributed by atoms with Crippen LogP contribution in [0.4, 0.5) is 11.4 Å². The van der Waals surface area contributed by atoms with Gasteiger partial charge < -0.3 is 19.9 Å². The number of rotatable bonds is 4. The van der Waals surface area contributed by atoms with Crippen molar-refractivity contribution in [1.29, 1.82) is 0 Å². The van der Waals surface area contributed by atoms with Gasteiger partial charge in [0.1, 0.15) is 5.75 Å². The van der Waals surface area contributed by atoms with Gasteiger partial charge in [0.25, 0.3) is 5.91 Å². The van der Waals surface area contributed by atoms with Gasteiger partial charge in [-0.25, -0.2) is 0 Å². The quantitative estimate of drug-likeness (QED) is 0.815. The third-order valence-electron chi connectivity index (χ3n) is 6.08. The van der Waals surface area contributed by atoms with Crippen molar-refractivity contribution in [1.82, 2.24) is 4.90 Å². The molecular formula is C25H31N3O3. The van der Waals surface area contributed by atoms with Gasteiger partial charge in [-0.2, -0.15) is 0 Å². The van der Waals surface area contributed by atoms with Crippen molar-refractivity contribution >= 4 is 23.2 Å².